The molecule has 0 aliphatic rings. The van der Waals surface area contributed by atoms with Crippen molar-refractivity contribution in [3.63, 3.8) is 0 Å². The topological polar surface area (TPSA) is 49.4 Å². The van der Waals surface area contributed by atoms with E-state index in [4.69, 9.17) is 0 Å². The summed E-state index contributed by atoms with van der Waals surface area (Å²) in [5.74, 6) is -0.370. The summed E-state index contributed by atoms with van der Waals surface area (Å²) in [4.78, 5) is 25.5. The van der Waals surface area contributed by atoms with Gasteiger partial charge in [0.2, 0.25) is 5.91 Å². The number of aryl methyl sites for hydroxylation is 1. The maximum Gasteiger partial charge on any atom is 0.254 e. The molecular formula is C15H15BrN2O2S. The Balaban J connectivity index is 1.96. The monoisotopic (exact) mass is 366 g/mol. The lowest BCUT2D eigenvalue weighted by Crippen LogP contribution is -2.34. The Bertz CT molecular complexity index is 656. The molecule has 6 heteroatoms. The Morgan fingerprint density at radius 1 is 1.33 bits per heavy atom. The van der Waals surface area contributed by atoms with Crippen LogP contribution in [0.15, 0.2) is 39.5 Å². The van der Waals surface area contributed by atoms with Crippen molar-refractivity contribution >= 4 is 44.8 Å². The van der Waals surface area contributed by atoms with Crippen molar-refractivity contribution in [1.29, 1.82) is 0 Å². The van der Waals surface area contributed by atoms with E-state index in [0.717, 1.165) is 15.7 Å². The SMILES string of the molecule is Cc1cc(Br)ccc1NC(=O)CN(C)C(=O)c1ccsc1. The first-order valence-electron chi connectivity index (χ1n) is 6.31. The number of rotatable bonds is 4. The van der Waals surface area contributed by atoms with E-state index in [2.05, 4.69) is 21.2 Å². The number of nitrogens with zero attached hydrogens (tertiary/aromatic N) is 1. The van der Waals surface area contributed by atoms with Crippen LogP contribution in [0, 0.1) is 6.92 Å². The fourth-order valence-corrected chi connectivity index (χ4v) is 2.96. The summed E-state index contributed by atoms with van der Waals surface area (Å²) >= 11 is 4.84. The van der Waals surface area contributed by atoms with Crippen LogP contribution in [0.5, 0.6) is 0 Å². The molecule has 0 unspecified atom stereocenters. The molecule has 0 radical (unpaired) electrons. The second kappa shape index (κ2) is 6.87. The standard InChI is InChI=1S/C15H15BrN2O2S/c1-10-7-12(16)3-4-13(10)17-14(19)8-18(2)15(20)11-5-6-21-9-11/h3-7,9H,8H2,1-2H3,(H,17,19). The molecule has 0 fully saturated rings. The molecule has 110 valence electrons. The highest BCUT2D eigenvalue weighted by Gasteiger charge is 2.15. The molecule has 0 bridgehead atoms. The van der Waals surface area contributed by atoms with Gasteiger partial charge in [-0.25, -0.2) is 0 Å². The second-order valence-electron chi connectivity index (χ2n) is 4.68. The lowest BCUT2D eigenvalue weighted by molar-refractivity contribution is -0.116. The van der Waals surface area contributed by atoms with Gasteiger partial charge in [0, 0.05) is 22.6 Å². The van der Waals surface area contributed by atoms with Crippen molar-refractivity contribution in [2.75, 3.05) is 18.9 Å². The third-order valence-corrected chi connectivity index (χ3v) is 4.13. The Hall–Kier alpha value is -1.66. The zero-order valence-corrected chi connectivity index (χ0v) is 14.1. The molecule has 21 heavy (non-hydrogen) atoms. The number of carbonyl (C=O) groups is 2. The van der Waals surface area contributed by atoms with Gasteiger partial charge in [-0.3, -0.25) is 9.59 Å². The summed E-state index contributed by atoms with van der Waals surface area (Å²) in [7, 11) is 1.62. The Kier molecular flexibility index (Phi) is 5.14. The molecule has 0 aliphatic carbocycles. The van der Waals surface area contributed by atoms with Crippen molar-refractivity contribution in [2.24, 2.45) is 0 Å². The highest BCUT2D eigenvalue weighted by Crippen LogP contribution is 2.20. The number of halogens is 1. The van der Waals surface area contributed by atoms with E-state index in [9.17, 15) is 9.59 Å². The van der Waals surface area contributed by atoms with Gasteiger partial charge in [0.05, 0.1) is 12.1 Å². The number of carbonyl (C=O) groups excluding carboxylic acids is 2. The fourth-order valence-electron chi connectivity index (χ4n) is 1.85. The van der Waals surface area contributed by atoms with Crippen LogP contribution in [-0.2, 0) is 4.79 Å². The van der Waals surface area contributed by atoms with E-state index in [1.165, 1.54) is 16.2 Å². The summed E-state index contributed by atoms with van der Waals surface area (Å²) in [6.07, 6.45) is 0. The molecular weight excluding hydrogens is 352 g/mol. The van der Waals surface area contributed by atoms with Crippen LogP contribution in [0.2, 0.25) is 0 Å². The second-order valence-corrected chi connectivity index (χ2v) is 6.38. The lowest BCUT2D eigenvalue weighted by Gasteiger charge is -2.16. The number of benzene rings is 1. The first kappa shape index (κ1) is 15.7. The first-order valence-corrected chi connectivity index (χ1v) is 8.04. The number of thiophene rings is 1. The van der Waals surface area contributed by atoms with Crippen molar-refractivity contribution in [3.05, 3.63) is 50.6 Å². The smallest absolute Gasteiger partial charge is 0.254 e. The zero-order chi connectivity index (χ0) is 15.4. The van der Waals surface area contributed by atoms with Crippen molar-refractivity contribution in [3.8, 4) is 0 Å². The third kappa shape index (κ3) is 4.15. The molecule has 1 aromatic carbocycles. The Morgan fingerprint density at radius 2 is 2.10 bits per heavy atom. The van der Waals surface area contributed by atoms with E-state index in [1.54, 1.807) is 18.5 Å². The van der Waals surface area contributed by atoms with E-state index in [0.29, 0.717) is 5.56 Å². The highest BCUT2D eigenvalue weighted by molar-refractivity contribution is 9.10. The Labute approximate surface area is 135 Å². The molecule has 2 rings (SSSR count). The van der Waals surface area contributed by atoms with Crippen molar-refractivity contribution in [2.45, 2.75) is 6.92 Å². The first-order chi connectivity index (χ1) is 9.97. The predicted molar refractivity (Wildman–Crippen MR) is 88.8 cm³/mol. The molecule has 0 aliphatic heterocycles. The average Bonchev–Trinajstić information content (AvgIpc) is 2.95. The molecule has 0 spiro atoms. The fraction of sp³-hybridized carbons (Fsp3) is 0.200. The molecule has 0 saturated carbocycles. The summed E-state index contributed by atoms with van der Waals surface area (Å²) in [6.45, 7) is 1.94. The van der Waals surface area contributed by atoms with Crippen LogP contribution < -0.4 is 5.32 Å². The van der Waals surface area contributed by atoms with Gasteiger partial charge in [0.1, 0.15) is 0 Å². The normalized spacial score (nSPS) is 10.2. The van der Waals surface area contributed by atoms with E-state index >= 15 is 0 Å². The van der Waals surface area contributed by atoms with Crippen LogP contribution in [0.1, 0.15) is 15.9 Å². The number of nitrogens with one attached hydrogen (secondary N) is 1. The molecule has 0 atom stereocenters. The quantitative estimate of drug-likeness (QED) is 0.899. The number of anilines is 1. The molecule has 4 nitrogen and oxygen atoms in total. The molecule has 2 amide bonds. The molecule has 1 N–H and O–H groups in total. The average molecular weight is 367 g/mol. The highest BCUT2D eigenvalue weighted by atomic mass is 79.9. The minimum atomic E-state index is -0.216. The largest absolute Gasteiger partial charge is 0.332 e. The zero-order valence-electron chi connectivity index (χ0n) is 11.7. The number of likely N-dealkylation sites (N-methyl/N-ethyl adjacent to an activating group) is 1. The number of hydrogen-bond acceptors (Lipinski definition) is 3. The molecule has 0 saturated heterocycles. The van der Waals surface area contributed by atoms with E-state index in [-0.39, 0.29) is 18.4 Å². The maximum atomic E-state index is 12.1. The van der Waals surface area contributed by atoms with E-state index < -0.39 is 0 Å². The van der Waals surface area contributed by atoms with Crippen molar-refractivity contribution < 1.29 is 9.59 Å². The van der Waals surface area contributed by atoms with Gasteiger partial charge in [-0.1, -0.05) is 15.9 Å². The van der Waals surface area contributed by atoms with Gasteiger partial charge in [-0.2, -0.15) is 11.3 Å². The van der Waals surface area contributed by atoms with Crippen molar-refractivity contribution in [1.82, 2.24) is 4.90 Å². The van der Waals surface area contributed by atoms with Crippen LogP contribution in [0.25, 0.3) is 0 Å². The lowest BCUT2D eigenvalue weighted by atomic mass is 10.2. The summed E-state index contributed by atoms with van der Waals surface area (Å²) in [6, 6.07) is 7.37. The predicted octanol–water partition coefficient (Wildman–Crippen LogP) is 3.53. The van der Waals surface area contributed by atoms with Gasteiger partial charge in [0.25, 0.3) is 5.91 Å². The summed E-state index contributed by atoms with van der Waals surface area (Å²) < 4.78 is 0.961. The van der Waals surface area contributed by atoms with E-state index in [1.807, 2.05) is 30.5 Å². The number of amides is 2. The van der Waals surface area contributed by atoms with Gasteiger partial charge < -0.3 is 10.2 Å². The number of hydrogen-bond donors (Lipinski definition) is 1. The molecule has 2 aromatic rings. The van der Waals surface area contributed by atoms with Gasteiger partial charge in [-0.15, -0.1) is 0 Å². The third-order valence-electron chi connectivity index (χ3n) is 2.96. The van der Waals surface area contributed by atoms with Crippen LogP contribution in [0.4, 0.5) is 5.69 Å². The van der Waals surface area contributed by atoms with Gasteiger partial charge in [0.15, 0.2) is 0 Å². The summed E-state index contributed by atoms with van der Waals surface area (Å²) in [5.41, 5.74) is 2.32. The van der Waals surface area contributed by atoms with Crippen LogP contribution >= 0.6 is 27.3 Å². The minimum absolute atomic E-state index is 0.0180. The minimum Gasteiger partial charge on any atom is -0.332 e. The van der Waals surface area contributed by atoms with Gasteiger partial charge >= 0.3 is 0 Å². The van der Waals surface area contributed by atoms with Crippen LogP contribution in [-0.4, -0.2) is 30.3 Å². The summed E-state index contributed by atoms with van der Waals surface area (Å²) in [5, 5.41) is 6.43. The van der Waals surface area contributed by atoms with Gasteiger partial charge in [-0.05, 0) is 42.1 Å². The van der Waals surface area contributed by atoms with Crippen LogP contribution in [0.3, 0.4) is 0 Å². The Morgan fingerprint density at radius 3 is 2.71 bits per heavy atom. The molecule has 1 heterocycles. The maximum absolute atomic E-state index is 12.1. The molecule has 1 aromatic heterocycles.